The van der Waals surface area contributed by atoms with Crippen LogP contribution >= 0.6 is 22.9 Å². The number of hydrogen-bond acceptors (Lipinski definition) is 5. The van der Waals surface area contributed by atoms with Crippen molar-refractivity contribution in [3.05, 3.63) is 40.7 Å². The van der Waals surface area contributed by atoms with Gasteiger partial charge in [0.15, 0.2) is 0 Å². The van der Waals surface area contributed by atoms with Gasteiger partial charge in [-0.3, -0.25) is 0 Å². The topological polar surface area (TPSA) is 61.0 Å². The van der Waals surface area contributed by atoms with Crippen LogP contribution in [0, 0.1) is 0 Å². The Morgan fingerprint density at radius 1 is 1.11 bits per heavy atom. The second-order valence-corrected chi connectivity index (χ2v) is 4.91. The van der Waals surface area contributed by atoms with Crippen LogP contribution in [0.2, 0.25) is 5.02 Å². The summed E-state index contributed by atoms with van der Waals surface area (Å²) in [5.74, 6) is 1.32. The fraction of sp³-hybridized carbons (Fsp3) is 0. The van der Waals surface area contributed by atoms with Gasteiger partial charge in [0.25, 0.3) is 0 Å². The second kappa shape index (κ2) is 4.44. The molecule has 0 radical (unpaired) electrons. The number of benzene rings is 1. The first-order valence-corrected chi connectivity index (χ1v) is 6.42. The number of aromatic nitrogens is 2. The van der Waals surface area contributed by atoms with Crippen LogP contribution in [0.5, 0.6) is 11.6 Å². The van der Waals surface area contributed by atoms with Gasteiger partial charge in [0.05, 0.1) is 5.39 Å². The van der Waals surface area contributed by atoms with E-state index in [2.05, 4.69) is 9.97 Å². The number of ether oxygens (including phenoxy) is 1. The van der Waals surface area contributed by atoms with E-state index < -0.39 is 0 Å². The Morgan fingerprint density at radius 2 is 1.89 bits per heavy atom. The van der Waals surface area contributed by atoms with E-state index in [-0.39, 0.29) is 5.95 Å². The standard InChI is InChI=1S/C12H8ClN3OS/c13-7-1-3-8(4-2-7)17-10-9-5-6-18-11(9)16-12(14)15-10/h1-6H,(H2,14,15,16). The number of fused-ring (bicyclic) bond motifs is 1. The maximum absolute atomic E-state index is 5.82. The number of hydrogen-bond donors (Lipinski definition) is 1. The van der Waals surface area contributed by atoms with E-state index in [1.807, 2.05) is 11.4 Å². The van der Waals surface area contributed by atoms with Gasteiger partial charge in [-0.2, -0.15) is 4.98 Å². The molecule has 0 aliphatic rings. The molecule has 0 atom stereocenters. The van der Waals surface area contributed by atoms with Gasteiger partial charge in [-0.15, -0.1) is 11.3 Å². The Balaban J connectivity index is 2.03. The number of halogens is 1. The van der Waals surface area contributed by atoms with Crippen molar-refractivity contribution in [2.24, 2.45) is 0 Å². The third kappa shape index (κ3) is 2.10. The molecule has 2 heterocycles. The molecule has 0 spiro atoms. The van der Waals surface area contributed by atoms with Crippen molar-refractivity contribution in [1.29, 1.82) is 0 Å². The number of anilines is 1. The van der Waals surface area contributed by atoms with Crippen LogP contribution in [0.1, 0.15) is 0 Å². The first-order valence-electron chi connectivity index (χ1n) is 5.16. The van der Waals surface area contributed by atoms with E-state index in [0.717, 1.165) is 10.2 Å². The average Bonchev–Trinajstić information content (AvgIpc) is 2.80. The van der Waals surface area contributed by atoms with E-state index in [1.54, 1.807) is 24.3 Å². The zero-order valence-electron chi connectivity index (χ0n) is 9.13. The molecule has 3 rings (SSSR count). The maximum Gasteiger partial charge on any atom is 0.232 e. The van der Waals surface area contributed by atoms with Gasteiger partial charge >= 0.3 is 0 Å². The predicted molar refractivity (Wildman–Crippen MR) is 73.4 cm³/mol. The molecule has 0 unspecified atom stereocenters. The van der Waals surface area contributed by atoms with E-state index in [1.165, 1.54) is 11.3 Å². The molecule has 3 aromatic rings. The Bertz CT molecular complexity index is 696. The van der Waals surface area contributed by atoms with Crippen LogP contribution < -0.4 is 10.5 Å². The van der Waals surface area contributed by atoms with Crippen molar-refractivity contribution < 1.29 is 4.74 Å². The number of nitrogens with zero attached hydrogens (tertiary/aromatic N) is 2. The molecule has 0 saturated carbocycles. The van der Waals surface area contributed by atoms with E-state index in [9.17, 15) is 0 Å². The molecule has 0 aliphatic carbocycles. The van der Waals surface area contributed by atoms with Crippen molar-refractivity contribution in [2.75, 3.05) is 5.73 Å². The lowest BCUT2D eigenvalue weighted by Gasteiger charge is -2.06. The molecule has 6 heteroatoms. The summed E-state index contributed by atoms with van der Waals surface area (Å²) in [6.07, 6.45) is 0. The second-order valence-electron chi connectivity index (χ2n) is 3.58. The first-order chi connectivity index (χ1) is 8.72. The molecule has 0 saturated heterocycles. The molecule has 1 aromatic carbocycles. The van der Waals surface area contributed by atoms with Crippen LogP contribution in [0.15, 0.2) is 35.7 Å². The van der Waals surface area contributed by atoms with Crippen molar-refractivity contribution in [2.45, 2.75) is 0 Å². The summed E-state index contributed by atoms with van der Waals surface area (Å²) in [4.78, 5) is 9.06. The number of nitrogens with two attached hydrogens (primary N) is 1. The van der Waals surface area contributed by atoms with Gasteiger partial charge < -0.3 is 10.5 Å². The highest BCUT2D eigenvalue weighted by Crippen LogP contribution is 2.31. The monoisotopic (exact) mass is 277 g/mol. The largest absolute Gasteiger partial charge is 0.438 e. The molecule has 18 heavy (non-hydrogen) atoms. The minimum absolute atomic E-state index is 0.203. The van der Waals surface area contributed by atoms with Gasteiger partial charge in [0.1, 0.15) is 10.6 Å². The predicted octanol–water partition coefficient (Wildman–Crippen LogP) is 3.72. The van der Waals surface area contributed by atoms with Crippen molar-refractivity contribution in [3.8, 4) is 11.6 Å². The minimum atomic E-state index is 0.203. The summed E-state index contributed by atoms with van der Waals surface area (Å²) in [5.41, 5.74) is 5.64. The lowest BCUT2D eigenvalue weighted by molar-refractivity contribution is 0.469. The van der Waals surface area contributed by atoms with Gasteiger partial charge in [-0.1, -0.05) is 11.6 Å². The van der Waals surface area contributed by atoms with Crippen molar-refractivity contribution in [1.82, 2.24) is 9.97 Å². The van der Waals surface area contributed by atoms with Gasteiger partial charge in [-0.05, 0) is 35.7 Å². The molecule has 0 amide bonds. The van der Waals surface area contributed by atoms with Crippen LogP contribution in [-0.2, 0) is 0 Å². The summed E-state index contributed by atoms with van der Waals surface area (Å²) in [6.45, 7) is 0. The van der Waals surface area contributed by atoms with Crippen molar-refractivity contribution >= 4 is 39.1 Å². The van der Waals surface area contributed by atoms with E-state index >= 15 is 0 Å². The normalized spacial score (nSPS) is 10.7. The zero-order chi connectivity index (χ0) is 12.5. The van der Waals surface area contributed by atoms with Crippen LogP contribution in [-0.4, -0.2) is 9.97 Å². The molecule has 90 valence electrons. The zero-order valence-corrected chi connectivity index (χ0v) is 10.7. The SMILES string of the molecule is Nc1nc(Oc2ccc(Cl)cc2)c2ccsc2n1. The Kier molecular flexibility index (Phi) is 2.77. The highest BCUT2D eigenvalue weighted by molar-refractivity contribution is 7.16. The molecular weight excluding hydrogens is 270 g/mol. The highest BCUT2D eigenvalue weighted by Gasteiger charge is 2.09. The van der Waals surface area contributed by atoms with Crippen LogP contribution in [0.25, 0.3) is 10.2 Å². The van der Waals surface area contributed by atoms with Crippen molar-refractivity contribution in [3.63, 3.8) is 0 Å². The molecule has 0 fully saturated rings. The summed E-state index contributed by atoms with van der Waals surface area (Å²) in [7, 11) is 0. The number of rotatable bonds is 2. The number of thiophene rings is 1. The molecular formula is C12H8ClN3OS. The third-order valence-electron chi connectivity index (χ3n) is 2.34. The third-order valence-corrected chi connectivity index (χ3v) is 3.39. The smallest absolute Gasteiger partial charge is 0.232 e. The fourth-order valence-electron chi connectivity index (χ4n) is 1.54. The Morgan fingerprint density at radius 3 is 2.67 bits per heavy atom. The van der Waals surface area contributed by atoms with Gasteiger partial charge in [-0.25, -0.2) is 4.98 Å². The number of nitrogen functional groups attached to an aromatic ring is 1. The quantitative estimate of drug-likeness (QED) is 0.775. The van der Waals surface area contributed by atoms with E-state index in [0.29, 0.717) is 16.7 Å². The van der Waals surface area contributed by atoms with Crippen LogP contribution in [0.4, 0.5) is 5.95 Å². The maximum atomic E-state index is 5.82. The lowest BCUT2D eigenvalue weighted by atomic mass is 10.3. The molecule has 0 aliphatic heterocycles. The molecule has 0 bridgehead atoms. The highest BCUT2D eigenvalue weighted by atomic mass is 35.5. The van der Waals surface area contributed by atoms with Gasteiger partial charge in [0, 0.05) is 5.02 Å². The Labute approximate surface area is 112 Å². The van der Waals surface area contributed by atoms with Gasteiger partial charge in [0.2, 0.25) is 11.8 Å². The summed E-state index contributed by atoms with van der Waals surface area (Å²) < 4.78 is 5.70. The molecule has 2 aromatic heterocycles. The summed E-state index contributed by atoms with van der Waals surface area (Å²) in [6, 6.07) is 8.97. The summed E-state index contributed by atoms with van der Waals surface area (Å²) >= 11 is 7.31. The Hall–Kier alpha value is -1.85. The molecule has 2 N–H and O–H groups in total. The first kappa shape index (κ1) is 11.3. The summed E-state index contributed by atoms with van der Waals surface area (Å²) in [5, 5.41) is 3.43. The molecule has 4 nitrogen and oxygen atoms in total. The van der Waals surface area contributed by atoms with E-state index in [4.69, 9.17) is 22.1 Å². The average molecular weight is 278 g/mol. The lowest BCUT2D eigenvalue weighted by Crippen LogP contribution is -1.97. The van der Waals surface area contributed by atoms with Crippen LogP contribution in [0.3, 0.4) is 0 Å². The minimum Gasteiger partial charge on any atom is -0.438 e. The fourth-order valence-corrected chi connectivity index (χ4v) is 2.42.